The third kappa shape index (κ3) is 4.36. The molecule has 1 saturated carbocycles. The van der Waals surface area contributed by atoms with Crippen molar-refractivity contribution in [3.63, 3.8) is 0 Å². The van der Waals surface area contributed by atoms with Crippen molar-refractivity contribution in [1.82, 2.24) is 24.1 Å². The van der Waals surface area contributed by atoms with Crippen LogP contribution in [0.4, 0.5) is 0 Å². The molecule has 178 valence electrons. The molecule has 8 nitrogen and oxygen atoms in total. The number of amides is 2. The molecule has 0 spiro atoms. The predicted molar refractivity (Wildman–Crippen MR) is 129 cm³/mol. The smallest absolute Gasteiger partial charge is 0.282 e. The standard InChI is InChI=1S/C26H31N5O3/c1-28-17-21(24-22(18-28)26(34)31(27-24)20-10-6-3-7-11-20)25(33)30-14-12-29(13-15-30)23(32)16-19-8-4-2-5-9-19/h3,6-7,10-11,17-19H,2,4-5,8-9,12-16H2,1H3. The number of carbonyl (C=O) groups excluding carboxylic acids is 2. The van der Waals surface area contributed by atoms with E-state index < -0.39 is 0 Å². The largest absolute Gasteiger partial charge is 0.356 e. The Kier molecular flexibility index (Phi) is 6.22. The Labute approximate surface area is 199 Å². The van der Waals surface area contributed by atoms with Crippen molar-refractivity contribution in [2.75, 3.05) is 26.2 Å². The molecule has 1 aliphatic carbocycles. The summed E-state index contributed by atoms with van der Waals surface area (Å²) in [6.45, 7) is 2.06. The molecule has 0 N–H and O–H groups in total. The van der Waals surface area contributed by atoms with E-state index >= 15 is 0 Å². The summed E-state index contributed by atoms with van der Waals surface area (Å²) in [5, 5.41) is 4.53. The minimum Gasteiger partial charge on any atom is -0.356 e. The average molecular weight is 462 g/mol. The average Bonchev–Trinajstić information content (AvgIpc) is 3.20. The number of para-hydroxylation sites is 1. The maximum atomic E-state index is 13.5. The SMILES string of the molecule is Cn1cc(C(=O)N2CCN(C(=O)CC3CCCCC3)CC2)c2nn(-c3ccccc3)c(=O)c-2c1. The van der Waals surface area contributed by atoms with Crippen LogP contribution >= 0.6 is 0 Å². The first-order valence-electron chi connectivity index (χ1n) is 12.2. The van der Waals surface area contributed by atoms with E-state index in [4.69, 9.17) is 0 Å². The second-order valence-corrected chi connectivity index (χ2v) is 9.53. The van der Waals surface area contributed by atoms with Crippen LogP contribution in [0.1, 0.15) is 48.9 Å². The lowest BCUT2D eigenvalue weighted by molar-refractivity contribution is -0.133. The lowest BCUT2D eigenvalue weighted by Gasteiger charge is -2.36. The molecule has 1 saturated heterocycles. The van der Waals surface area contributed by atoms with Gasteiger partial charge in [-0.2, -0.15) is 9.78 Å². The predicted octanol–water partition coefficient (Wildman–Crippen LogP) is 2.93. The topological polar surface area (TPSA) is 80.4 Å². The van der Waals surface area contributed by atoms with Gasteiger partial charge in [0.2, 0.25) is 5.91 Å². The molecule has 1 aromatic rings. The molecule has 34 heavy (non-hydrogen) atoms. The fourth-order valence-corrected chi connectivity index (χ4v) is 5.23. The first kappa shape index (κ1) is 22.4. The number of hydrogen-bond donors (Lipinski definition) is 0. The van der Waals surface area contributed by atoms with E-state index in [1.165, 1.54) is 23.9 Å². The van der Waals surface area contributed by atoms with E-state index in [9.17, 15) is 14.4 Å². The molecule has 0 unspecified atom stereocenters. The van der Waals surface area contributed by atoms with Gasteiger partial charge in [-0.15, -0.1) is 0 Å². The Morgan fingerprint density at radius 2 is 1.62 bits per heavy atom. The molecule has 4 aliphatic rings. The Morgan fingerprint density at radius 3 is 2.32 bits per heavy atom. The number of pyridine rings is 1. The van der Waals surface area contributed by atoms with Crippen molar-refractivity contribution in [1.29, 1.82) is 0 Å². The van der Waals surface area contributed by atoms with Crippen LogP contribution in [0.2, 0.25) is 0 Å². The van der Waals surface area contributed by atoms with Crippen LogP contribution in [-0.4, -0.2) is 62.1 Å². The number of hydrogen-bond acceptors (Lipinski definition) is 4. The van der Waals surface area contributed by atoms with Crippen LogP contribution in [0.15, 0.2) is 47.5 Å². The van der Waals surface area contributed by atoms with Crippen molar-refractivity contribution < 1.29 is 9.59 Å². The van der Waals surface area contributed by atoms with Crippen LogP contribution in [-0.2, 0) is 11.8 Å². The summed E-state index contributed by atoms with van der Waals surface area (Å²) in [4.78, 5) is 43.0. The minimum absolute atomic E-state index is 0.154. The number of rotatable bonds is 4. The lowest BCUT2D eigenvalue weighted by atomic mass is 9.86. The van der Waals surface area contributed by atoms with Crippen molar-refractivity contribution >= 4 is 11.8 Å². The van der Waals surface area contributed by atoms with E-state index in [-0.39, 0.29) is 17.4 Å². The number of nitrogens with zero attached hydrogens (tertiary/aromatic N) is 5. The molecule has 0 atom stereocenters. The fraction of sp³-hybridized carbons (Fsp3) is 0.462. The van der Waals surface area contributed by atoms with Crippen LogP contribution in [0.3, 0.4) is 0 Å². The molecule has 3 heterocycles. The first-order valence-corrected chi connectivity index (χ1v) is 12.2. The van der Waals surface area contributed by atoms with Gasteiger partial charge in [-0.3, -0.25) is 14.4 Å². The highest BCUT2D eigenvalue weighted by Crippen LogP contribution is 2.27. The van der Waals surface area contributed by atoms with Crippen molar-refractivity contribution in [3.05, 3.63) is 58.6 Å². The Morgan fingerprint density at radius 1 is 0.941 bits per heavy atom. The number of piperazine rings is 1. The molecular weight excluding hydrogens is 430 g/mol. The summed E-state index contributed by atoms with van der Waals surface area (Å²) in [7, 11) is 1.80. The molecule has 0 aromatic heterocycles. The number of aryl methyl sites for hydroxylation is 1. The highest BCUT2D eigenvalue weighted by molar-refractivity contribution is 6.00. The van der Waals surface area contributed by atoms with Crippen LogP contribution in [0, 0.1) is 5.92 Å². The molecule has 2 fully saturated rings. The number of aromatic nitrogens is 3. The van der Waals surface area contributed by atoms with Gasteiger partial charge in [0, 0.05) is 52.0 Å². The molecule has 5 rings (SSSR count). The quantitative estimate of drug-likeness (QED) is 0.598. The summed E-state index contributed by atoms with van der Waals surface area (Å²) < 4.78 is 3.08. The molecule has 0 bridgehead atoms. The third-order valence-corrected chi connectivity index (χ3v) is 7.14. The second kappa shape index (κ2) is 9.44. The maximum Gasteiger partial charge on any atom is 0.282 e. The zero-order valence-corrected chi connectivity index (χ0v) is 19.7. The lowest BCUT2D eigenvalue weighted by Crippen LogP contribution is -2.51. The number of benzene rings is 1. The number of fused-ring (bicyclic) bond motifs is 1. The van der Waals surface area contributed by atoms with Gasteiger partial charge in [0.15, 0.2) is 0 Å². The minimum atomic E-state index is -0.246. The Hall–Kier alpha value is -3.42. The molecule has 0 radical (unpaired) electrons. The van der Waals surface area contributed by atoms with E-state index in [2.05, 4.69) is 5.10 Å². The summed E-state index contributed by atoms with van der Waals surface area (Å²) in [6, 6.07) is 9.22. The fourth-order valence-electron chi connectivity index (χ4n) is 5.23. The number of carbonyl (C=O) groups is 2. The van der Waals surface area contributed by atoms with Crippen LogP contribution < -0.4 is 5.56 Å². The van der Waals surface area contributed by atoms with Gasteiger partial charge in [0.1, 0.15) is 5.69 Å². The van der Waals surface area contributed by atoms with E-state index in [1.54, 1.807) is 28.9 Å². The summed E-state index contributed by atoms with van der Waals surface area (Å²) in [5.41, 5.74) is 1.65. The van der Waals surface area contributed by atoms with Crippen LogP contribution in [0.5, 0.6) is 0 Å². The Balaban J connectivity index is 1.32. The van der Waals surface area contributed by atoms with E-state index in [1.807, 2.05) is 35.2 Å². The molecular formula is C26H31N5O3. The molecule has 1 aromatic carbocycles. The van der Waals surface area contributed by atoms with E-state index in [0.29, 0.717) is 61.0 Å². The third-order valence-electron chi connectivity index (χ3n) is 7.14. The molecule has 2 amide bonds. The monoisotopic (exact) mass is 461 g/mol. The van der Waals surface area contributed by atoms with Crippen molar-refractivity contribution in [3.8, 4) is 16.9 Å². The van der Waals surface area contributed by atoms with Crippen LogP contribution in [0.25, 0.3) is 16.9 Å². The molecule has 3 aliphatic heterocycles. The summed E-state index contributed by atoms with van der Waals surface area (Å²) in [5.74, 6) is 0.572. The van der Waals surface area contributed by atoms with Gasteiger partial charge in [-0.25, -0.2) is 0 Å². The van der Waals surface area contributed by atoms with Gasteiger partial charge in [-0.05, 0) is 30.9 Å². The van der Waals surface area contributed by atoms with Gasteiger partial charge < -0.3 is 14.4 Å². The van der Waals surface area contributed by atoms with Gasteiger partial charge in [0.25, 0.3) is 11.5 Å². The zero-order chi connectivity index (χ0) is 23.7. The highest BCUT2D eigenvalue weighted by atomic mass is 16.2. The molecule has 8 heteroatoms. The highest BCUT2D eigenvalue weighted by Gasteiger charge is 2.30. The van der Waals surface area contributed by atoms with Gasteiger partial charge >= 0.3 is 0 Å². The van der Waals surface area contributed by atoms with Crippen molar-refractivity contribution in [2.45, 2.75) is 38.5 Å². The second-order valence-electron chi connectivity index (χ2n) is 9.53. The van der Waals surface area contributed by atoms with Gasteiger partial charge in [0.05, 0.1) is 16.8 Å². The van der Waals surface area contributed by atoms with Gasteiger partial charge in [-0.1, -0.05) is 37.5 Å². The summed E-state index contributed by atoms with van der Waals surface area (Å²) in [6.07, 6.45) is 10.1. The Bertz CT molecular complexity index is 1200. The normalized spacial score (nSPS) is 17.3. The van der Waals surface area contributed by atoms with E-state index in [0.717, 1.165) is 12.8 Å². The zero-order valence-electron chi connectivity index (χ0n) is 19.7. The maximum absolute atomic E-state index is 13.5. The van der Waals surface area contributed by atoms with Crippen molar-refractivity contribution in [2.24, 2.45) is 13.0 Å². The first-order chi connectivity index (χ1) is 16.5. The summed E-state index contributed by atoms with van der Waals surface area (Å²) >= 11 is 0.